The number of hydrogen-bond donors (Lipinski definition) is 2. The van der Waals surface area contributed by atoms with E-state index in [2.05, 4.69) is 10.7 Å². The molecule has 0 saturated heterocycles. The van der Waals surface area contributed by atoms with Gasteiger partial charge in [-0.25, -0.2) is 15.0 Å². The van der Waals surface area contributed by atoms with Crippen LogP contribution in [0.15, 0.2) is 41.8 Å². The maximum Gasteiger partial charge on any atom is 0.430 e. The molecule has 160 valence electrons. The molecule has 1 aromatic carbocycles. The summed E-state index contributed by atoms with van der Waals surface area (Å²) in [5.41, 5.74) is 2.06. The van der Waals surface area contributed by atoms with Crippen LogP contribution in [0.5, 0.6) is 0 Å². The predicted molar refractivity (Wildman–Crippen MR) is 113 cm³/mol. The van der Waals surface area contributed by atoms with Crippen LogP contribution in [-0.2, 0) is 26.2 Å². The van der Waals surface area contributed by atoms with E-state index in [1.807, 2.05) is 17.5 Å². The first-order valence-corrected chi connectivity index (χ1v) is 10.5. The van der Waals surface area contributed by atoms with Gasteiger partial charge < -0.3 is 14.8 Å². The van der Waals surface area contributed by atoms with Gasteiger partial charge in [-0.3, -0.25) is 4.79 Å². The number of hydrogen-bond acceptors (Lipinski definition) is 6. The van der Waals surface area contributed by atoms with Crippen LogP contribution in [0.4, 0.5) is 15.3 Å². The molecule has 1 unspecified atom stereocenters. The highest BCUT2D eigenvalue weighted by molar-refractivity contribution is 7.09. The van der Waals surface area contributed by atoms with Crippen LogP contribution in [0, 0.1) is 0 Å². The molecule has 0 bridgehead atoms. The van der Waals surface area contributed by atoms with E-state index in [0.717, 1.165) is 9.89 Å². The molecule has 2 heterocycles. The second-order valence-electron chi connectivity index (χ2n) is 7.45. The molecule has 8 nitrogen and oxygen atoms in total. The lowest BCUT2D eigenvalue weighted by Crippen LogP contribution is -2.62. The number of nitrogens with zero attached hydrogens (tertiary/aromatic N) is 1. The van der Waals surface area contributed by atoms with E-state index in [4.69, 9.17) is 9.47 Å². The Hall–Kier alpha value is -3.07. The van der Waals surface area contributed by atoms with Crippen molar-refractivity contribution < 1.29 is 23.9 Å². The van der Waals surface area contributed by atoms with Gasteiger partial charge in [0, 0.05) is 22.5 Å². The highest BCUT2D eigenvalue weighted by Gasteiger charge is 2.55. The highest BCUT2D eigenvalue weighted by Crippen LogP contribution is 2.43. The number of nitrogens with one attached hydrogen (secondary N) is 2. The number of anilines is 1. The summed E-state index contributed by atoms with van der Waals surface area (Å²) in [6, 6.07) is 10.8. The highest BCUT2D eigenvalue weighted by atomic mass is 32.1. The van der Waals surface area contributed by atoms with Crippen molar-refractivity contribution in [3.8, 4) is 0 Å². The lowest BCUT2D eigenvalue weighted by molar-refractivity contribution is -0.129. The molecule has 1 atom stereocenters. The normalized spacial score (nSPS) is 17.5. The van der Waals surface area contributed by atoms with Gasteiger partial charge in [-0.1, -0.05) is 24.3 Å². The molecule has 0 radical (unpaired) electrons. The maximum absolute atomic E-state index is 13.4. The molecule has 9 heteroatoms. The zero-order valence-corrected chi connectivity index (χ0v) is 18.1. The molecule has 2 N–H and O–H groups in total. The van der Waals surface area contributed by atoms with Crippen molar-refractivity contribution in [2.75, 3.05) is 5.32 Å². The minimum Gasteiger partial charge on any atom is -0.446 e. The number of benzene rings is 1. The molecular formula is C21H25N3O5S. The number of amides is 3. The van der Waals surface area contributed by atoms with E-state index in [1.165, 1.54) is 11.3 Å². The number of carbonyl (C=O) groups excluding carboxylic acids is 3. The molecule has 2 aromatic rings. The molecule has 0 aliphatic carbocycles. The second-order valence-corrected chi connectivity index (χ2v) is 8.48. The summed E-state index contributed by atoms with van der Waals surface area (Å²) >= 11 is 1.45. The smallest absolute Gasteiger partial charge is 0.430 e. The van der Waals surface area contributed by atoms with Crippen molar-refractivity contribution in [1.82, 2.24) is 10.4 Å². The summed E-state index contributed by atoms with van der Waals surface area (Å²) in [4.78, 5) is 39.8. The van der Waals surface area contributed by atoms with Crippen molar-refractivity contribution in [2.24, 2.45) is 0 Å². The minimum atomic E-state index is -1.54. The van der Waals surface area contributed by atoms with Gasteiger partial charge in [-0.05, 0) is 45.2 Å². The third-order valence-corrected chi connectivity index (χ3v) is 5.33. The van der Waals surface area contributed by atoms with Crippen LogP contribution in [0.2, 0.25) is 0 Å². The lowest BCUT2D eigenvalue weighted by atomic mass is 9.86. The molecule has 1 aromatic heterocycles. The van der Waals surface area contributed by atoms with Gasteiger partial charge in [0.1, 0.15) is 0 Å². The second kappa shape index (κ2) is 8.74. The van der Waals surface area contributed by atoms with Crippen molar-refractivity contribution in [3.05, 3.63) is 52.2 Å². The monoisotopic (exact) mass is 431 g/mol. The van der Waals surface area contributed by atoms with Gasteiger partial charge >= 0.3 is 12.2 Å². The van der Waals surface area contributed by atoms with Crippen molar-refractivity contribution in [3.63, 3.8) is 0 Å². The first-order chi connectivity index (χ1) is 14.2. The number of ether oxygens (including phenoxy) is 2. The Kier molecular flexibility index (Phi) is 6.31. The lowest BCUT2D eigenvalue weighted by Gasteiger charge is -2.38. The number of carbonyl (C=O) groups is 3. The zero-order valence-electron chi connectivity index (χ0n) is 17.3. The molecule has 3 rings (SSSR count). The largest absolute Gasteiger partial charge is 0.446 e. The van der Waals surface area contributed by atoms with Crippen molar-refractivity contribution >= 4 is 35.1 Å². The fourth-order valence-corrected chi connectivity index (χ4v) is 4.11. The Bertz CT molecular complexity index is 928. The van der Waals surface area contributed by atoms with Gasteiger partial charge in [0.15, 0.2) is 5.54 Å². The molecule has 1 aliphatic rings. The Morgan fingerprint density at radius 3 is 2.43 bits per heavy atom. The van der Waals surface area contributed by atoms with Crippen LogP contribution >= 0.6 is 11.3 Å². The minimum absolute atomic E-state index is 0.155. The average Bonchev–Trinajstić information content (AvgIpc) is 3.25. The fourth-order valence-electron chi connectivity index (χ4n) is 3.33. The summed E-state index contributed by atoms with van der Waals surface area (Å²) in [5, 5.41) is 5.67. The van der Waals surface area contributed by atoms with E-state index in [1.54, 1.807) is 52.0 Å². The third-order valence-electron chi connectivity index (χ3n) is 4.45. The van der Waals surface area contributed by atoms with E-state index >= 15 is 0 Å². The zero-order chi connectivity index (χ0) is 21.9. The Morgan fingerprint density at radius 1 is 1.10 bits per heavy atom. The van der Waals surface area contributed by atoms with Crippen molar-refractivity contribution in [2.45, 2.75) is 51.9 Å². The van der Waals surface area contributed by atoms with E-state index in [0.29, 0.717) is 11.3 Å². The summed E-state index contributed by atoms with van der Waals surface area (Å²) in [7, 11) is 0. The molecule has 0 saturated carbocycles. The van der Waals surface area contributed by atoms with Gasteiger partial charge in [-0.15, -0.1) is 11.3 Å². The fraction of sp³-hybridized carbons (Fsp3) is 0.381. The summed E-state index contributed by atoms with van der Waals surface area (Å²) < 4.78 is 10.5. The number of fused-ring (bicyclic) bond motifs is 1. The van der Waals surface area contributed by atoms with E-state index < -0.39 is 35.8 Å². The molecule has 1 aliphatic heterocycles. The summed E-state index contributed by atoms with van der Waals surface area (Å²) in [6.45, 7) is 6.76. The van der Waals surface area contributed by atoms with Crippen LogP contribution in [0.3, 0.4) is 0 Å². The van der Waals surface area contributed by atoms with E-state index in [9.17, 15) is 14.4 Å². The molecule has 30 heavy (non-hydrogen) atoms. The van der Waals surface area contributed by atoms with Gasteiger partial charge in [0.2, 0.25) is 0 Å². The number of rotatable bonds is 5. The van der Waals surface area contributed by atoms with Crippen LogP contribution in [-0.4, -0.2) is 35.3 Å². The average molecular weight is 432 g/mol. The standard InChI is InChI=1S/C21H25N3O5S/c1-13(2)28-19(26)23-24(20(27)29-14(3)4)21(12-15-8-7-11-30-15)16-9-5-6-10-17(16)22-18(21)25/h5-11,13-14H,12H2,1-4H3,(H,22,25)(H,23,26). The first kappa shape index (κ1) is 21.6. The van der Waals surface area contributed by atoms with Gasteiger partial charge in [0.05, 0.1) is 12.2 Å². The van der Waals surface area contributed by atoms with Crippen molar-refractivity contribution in [1.29, 1.82) is 0 Å². The molecular weight excluding hydrogens is 406 g/mol. The topological polar surface area (TPSA) is 97.0 Å². The molecule has 0 fully saturated rings. The van der Waals surface area contributed by atoms with Gasteiger partial charge in [-0.2, -0.15) is 5.01 Å². The quantitative estimate of drug-likeness (QED) is 0.697. The predicted octanol–water partition coefficient (Wildman–Crippen LogP) is 4.03. The molecule has 0 spiro atoms. The van der Waals surface area contributed by atoms with Gasteiger partial charge in [0.25, 0.3) is 5.91 Å². The number of hydrazine groups is 1. The van der Waals surface area contributed by atoms with Crippen LogP contribution < -0.4 is 10.7 Å². The van der Waals surface area contributed by atoms with Crippen LogP contribution in [0.25, 0.3) is 0 Å². The maximum atomic E-state index is 13.4. The van der Waals surface area contributed by atoms with E-state index in [-0.39, 0.29) is 6.42 Å². The Morgan fingerprint density at radius 2 is 1.80 bits per heavy atom. The number of para-hydroxylation sites is 1. The van der Waals surface area contributed by atoms with Crippen LogP contribution in [0.1, 0.15) is 38.1 Å². The number of thiophene rings is 1. The SMILES string of the molecule is CC(C)OC(=O)NN(C(=O)OC(C)C)C1(Cc2cccs2)C(=O)Nc2ccccc21. The summed E-state index contributed by atoms with van der Waals surface area (Å²) in [5.74, 6) is -0.442. The Labute approximate surface area is 179 Å². The first-order valence-electron chi connectivity index (χ1n) is 9.65. The molecule has 3 amide bonds. The third kappa shape index (κ3) is 4.25. The summed E-state index contributed by atoms with van der Waals surface area (Å²) in [6.07, 6.45) is -2.42. The Balaban J connectivity index is 2.12.